The molecule has 1 aliphatic rings. The highest BCUT2D eigenvalue weighted by molar-refractivity contribution is 7.99. The first-order chi connectivity index (χ1) is 12.7. The number of amides is 2. The summed E-state index contributed by atoms with van der Waals surface area (Å²) in [4.78, 5) is 28.5. The van der Waals surface area contributed by atoms with Gasteiger partial charge in [0, 0.05) is 38.3 Å². The largest absolute Gasteiger partial charge is 0.350 e. The molecule has 2 rings (SSSR count). The summed E-state index contributed by atoms with van der Waals surface area (Å²) in [6.07, 6.45) is 1.79. The minimum absolute atomic E-state index is 0.0229. The van der Waals surface area contributed by atoms with Gasteiger partial charge in [-0.25, -0.2) is 0 Å². The minimum atomic E-state index is -0.226. The Kier molecular flexibility index (Phi) is 7.43. The molecule has 0 aromatic carbocycles. The van der Waals surface area contributed by atoms with Crippen LogP contribution < -0.4 is 5.32 Å². The Morgan fingerprint density at radius 2 is 1.89 bits per heavy atom. The van der Waals surface area contributed by atoms with E-state index in [2.05, 4.69) is 27.0 Å². The summed E-state index contributed by atoms with van der Waals surface area (Å²) in [6.45, 7) is 15.2. The maximum absolute atomic E-state index is 12.5. The number of thioether (sulfide) groups is 1. The molecule has 1 aromatic heterocycles. The molecule has 0 bridgehead atoms. The van der Waals surface area contributed by atoms with Crippen molar-refractivity contribution in [3.8, 4) is 0 Å². The average Bonchev–Trinajstić information content (AvgIpc) is 2.92. The number of piperazine rings is 1. The molecule has 0 atom stereocenters. The molecule has 0 spiro atoms. The highest BCUT2D eigenvalue weighted by Crippen LogP contribution is 2.18. The zero-order valence-corrected chi connectivity index (χ0v) is 17.5. The van der Waals surface area contributed by atoms with Crippen LogP contribution in [0.25, 0.3) is 0 Å². The van der Waals surface area contributed by atoms with Crippen LogP contribution >= 0.6 is 11.8 Å². The number of hydrogen-bond acceptors (Lipinski definition) is 6. The summed E-state index contributed by atoms with van der Waals surface area (Å²) in [5.41, 5.74) is -0.226. The Balaban J connectivity index is 1.77. The third-order valence-corrected chi connectivity index (χ3v) is 5.10. The Morgan fingerprint density at radius 3 is 2.48 bits per heavy atom. The van der Waals surface area contributed by atoms with Crippen LogP contribution in [0.2, 0.25) is 0 Å². The van der Waals surface area contributed by atoms with Crippen LogP contribution in [-0.4, -0.2) is 80.4 Å². The van der Waals surface area contributed by atoms with E-state index in [1.54, 1.807) is 6.08 Å². The molecule has 27 heavy (non-hydrogen) atoms. The first-order valence-corrected chi connectivity index (χ1v) is 10.1. The fraction of sp³-hybridized carbons (Fsp3) is 0.667. The number of rotatable bonds is 7. The van der Waals surface area contributed by atoms with Crippen LogP contribution in [0.4, 0.5) is 0 Å². The molecule has 150 valence electrons. The van der Waals surface area contributed by atoms with Crippen molar-refractivity contribution in [1.82, 2.24) is 29.9 Å². The maximum Gasteiger partial charge on any atom is 0.234 e. The molecule has 0 saturated carbocycles. The lowest BCUT2D eigenvalue weighted by atomic mass is 10.1. The van der Waals surface area contributed by atoms with E-state index in [1.165, 1.54) is 11.8 Å². The van der Waals surface area contributed by atoms with Gasteiger partial charge in [-0.05, 0) is 27.7 Å². The van der Waals surface area contributed by atoms with Crippen molar-refractivity contribution < 1.29 is 9.59 Å². The molecule has 0 radical (unpaired) electrons. The lowest BCUT2D eigenvalue weighted by Gasteiger charge is -2.34. The van der Waals surface area contributed by atoms with Gasteiger partial charge >= 0.3 is 0 Å². The van der Waals surface area contributed by atoms with Gasteiger partial charge in [0.05, 0.1) is 12.3 Å². The lowest BCUT2D eigenvalue weighted by molar-refractivity contribution is -0.130. The summed E-state index contributed by atoms with van der Waals surface area (Å²) in [5, 5.41) is 11.9. The summed E-state index contributed by atoms with van der Waals surface area (Å²) >= 11 is 1.40. The highest BCUT2D eigenvalue weighted by atomic mass is 32.2. The first kappa shape index (κ1) is 21.4. The topological polar surface area (TPSA) is 83.4 Å². The van der Waals surface area contributed by atoms with E-state index < -0.39 is 0 Å². The van der Waals surface area contributed by atoms with E-state index >= 15 is 0 Å². The second kappa shape index (κ2) is 9.36. The molecule has 0 unspecified atom stereocenters. The Hall–Kier alpha value is -1.87. The lowest BCUT2D eigenvalue weighted by Crippen LogP contribution is -2.53. The van der Waals surface area contributed by atoms with E-state index in [1.807, 2.05) is 37.2 Å². The number of hydrogen-bond donors (Lipinski definition) is 1. The van der Waals surface area contributed by atoms with Crippen molar-refractivity contribution in [3.05, 3.63) is 18.5 Å². The number of allylic oxidation sites excluding steroid dienone is 1. The SMILES string of the molecule is C=CCn1c(C)nnc1SCC(=O)N1CCN(CC(=O)NC(C)(C)C)CC1. The van der Waals surface area contributed by atoms with Gasteiger partial charge in [0.2, 0.25) is 11.8 Å². The molecule has 8 nitrogen and oxygen atoms in total. The smallest absolute Gasteiger partial charge is 0.234 e. The van der Waals surface area contributed by atoms with Gasteiger partial charge in [-0.2, -0.15) is 0 Å². The van der Waals surface area contributed by atoms with Gasteiger partial charge in [-0.1, -0.05) is 17.8 Å². The number of carbonyl (C=O) groups excluding carboxylic acids is 2. The summed E-state index contributed by atoms with van der Waals surface area (Å²) in [7, 11) is 0. The second-order valence-electron chi connectivity index (χ2n) is 7.67. The quantitative estimate of drug-likeness (QED) is 0.547. The maximum atomic E-state index is 12.5. The third-order valence-electron chi connectivity index (χ3n) is 4.14. The van der Waals surface area contributed by atoms with Crippen molar-refractivity contribution in [1.29, 1.82) is 0 Å². The fourth-order valence-corrected chi connectivity index (χ4v) is 3.74. The monoisotopic (exact) mass is 394 g/mol. The zero-order valence-electron chi connectivity index (χ0n) is 16.7. The minimum Gasteiger partial charge on any atom is -0.350 e. The summed E-state index contributed by atoms with van der Waals surface area (Å²) < 4.78 is 1.94. The molecular weight excluding hydrogens is 364 g/mol. The standard InChI is InChI=1S/C18H30N6O2S/c1-6-7-24-14(2)20-21-17(24)27-13-16(26)23-10-8-22(9-11-23)12-15(25)19-18(3,4)5/h6H,1,7-13H2,2-5H3,(H,19,25). The van der Waals surface area contributed by atoms with E-state index in [-0.39, 0.29) is 17.4 Å². The molecular formula is C18H30N6O2S. The molecule has 1 aromatic rings. The Morgan fingerprint density at radius 1 is 1.22 bits per heavy atom. The van der Waals surface area contributed by atoms with Crippen LogP contribution in [0.1, 0.15) is 26.6 Å². The van der Waals surface area contributed by atoms with Crippen molar-refractivity contribution in [3.63, 3.8) is 0 Å². The van der Waals surface area contributed by atoms with Crippen LogP contribution in [0.3, 0.4) is 0 Å². The van der Waals surface area contributed by atoms with Gasteiger partial charge < -0.3 is 14.8 Å². The van der Waals surface area contributed by atoms with Crippen LogP contribution in [0, 0.1) is 6.92 Å². The van der Waals surface area contributed by atoms with Crippen LogP contribution in [0.5, 0.6) is 0 Å². The van der Waals surface area contributed by atoms with E-state index in [0.717, 1.165) is 11.0 Å². The van der Waals surface area contributed by atoms with Gasteiger partial charge in [0.1, 0.15) is 5.82 Å². The van der Waals surface area contributed by atoms with Gasteiger partial charge in [-0.15, -0.1) is 16.8 Å². The van der Waals surface area contributed by atoms with E-state index in [9.17, 15) is 9.59 Å². The van der Waals surface area contributed by atoms with Gasteiger partial charge in [0.25, 0.3) is 0 Å². The second-order valence-corrected chi connectivity index (χ2v) is 8.62. The Bertz CT molecular complexity index is 674. The Labute approximate surface area is 165 Å². The van der Waals surface area contributed by atoms with E-state index in [0.29, 0.717) is 45.0 Å². The molecule has 1 saturated heterocycles. The van der Waals surface area contributed by atoms with Crippen LogP contribution in [-0.2, 0) is 16.1 Å². The molecule has 9 heteroatoms. The van der Waals surface area contributed by atoms with Gasteiger partial charge in [-0.3, -0.25) is 14.5 Å². The molecule has 1 fully saturated rings. The molecule has 1 N–H and O–H groups in total. The van der Waals surface area contributed by atoms with Crippen molar-refractivity contribution in [2.45, 2.75) is 44.9 Å². The molecule has 2 heterocycles. The van der Waals surface area contributed by atoms with E-state index in [4.69, 9.17) is 0 Å². The third kappa shape index (κ3) is 6.66. The highest BCUT2D eigenvalue weighted by Gasteiger charge is 2.24. The number of nitrogens with zero attached hydrogens (tertiary/aromatic N) is 5. The molecule has 2 amide bonds. The normalized spacial score (nSPS) is 15.6. The number of carbonyl (C=O) groups is 2. The number of aromatic nitrogens is 3. The predicted molar refractivity (Wildman–Crippen MR) is 107 cm³/mol. The zero-order chi connectivity index (χ0) is 20.0. The van der Waals surface area contributed by atoms with Crippen molar-refractivity contribution in [2.24, 2.45) is 0 Å². The fourth-order valence-electron chi connectivity index (χ4n) is 2.84. The first-order valence-electron chi connectivity index (χ1n) is 9.14. The average molecular weight is 395 g/mol. The van der Waals surface area contributed by atoms with Crippen molar-refractivity contribution in [2.75, 3.05) is 38.5 Å². The molecule has 0 aliphatic carbocycles. The van der Waals surface area contributed by atoms with Gasteiger partial charge in [0.15, 0.2) is 5.16 Å². The van der Waals surface area contributed by atoms with Crippen LogP contribution in [0.15, 0.2) is 17.8 Å². The summed E-state index contributed by atoms with van der Waals surface area (Å²) in [5.74, 6) is 1.26. The number of aryl methyl sites for hydroxylation is 1. The summed E-state index contributed by atoms with van der Waals surface area (Å²) in [6, 6.07) is 0. The van der Waals surface area contributed by atoms with Crippen molar-refractivity contribution >= 4 is 23.6 Å². The predicted octanol–water partition coefficient (Wildman–Crippen LogP) is 0.924. The molecule has 1 aliphatic heterocycles. The number of nitrogens with one attached hydrogen (secondary N) is 1.